The van der Waals surface area contributed by atoms with E-state index in [9.17, 15) is 15.1 Å². The number of nitriles is 1. The van der Waals surface area contributed by atoms with Crippen molar-refractivity contribution >= 4 is 30.6 Å². The highest BCUT2D eigenvalue weighted by atomic mass is 16.5. The number of nitrogens with two attached hydrogens (primary N) is 1. The van der Waals surface area contributed by atoms with Crippen molar-refractivity contribution < 1.29 is 14.5 Å². The molecule has 1 aromatic heterocycles. The average Bonchev–Trinajstić information content (AvgIpc) is 3.16. The highest BCUT2D eigenvalue weighted by Gasteiger charge is 2.35. The van der Waals surface area contributed by atoms with Gasteiger partial charge in [0.05, 0.1) is 18.0 Å². The largest absolute Gasteiger partial charge is 0.556 e. The predicted molar refractivity (Wildman–Crippen MR) is 123 cm³/mol. The number of carbonyl (C=O) groups is 1. The number of carbonyl (C=O) groups excluding carboxylic acids is 1. The standard InChI is InChI=1S/C23H28BN5O3/c1-23(2,3)20-11-15-10-16(8-9-19(15)32-24(20)31)27-22-17(21(26)30)13-29(28-22)18-7-5-4-6-14(18)12-25/h8-11,13-14,18,31H,4-7H2,1-3H3,(H2,26,30)(H,27,28)/t14-,18?/m1/s1. The number of aromatic nitrogens is 2. The Hall–Kier alpha value is -3.25. The number of primary amides is 1. The lowest BCUT2D eigenvalue weighted by atomic mass is 9.63. The summed E-state index contributed by atoms with van der Waals surface area (Å²) in [5, 5.41) is 27.6. The van der Waals surface area contributed by atoms with Crippen molar-refractivity contribution in [3.8, 4) is 11.8 Å². The molecule has 0 bridgehead atoms. The quantitative estimate of drug-likeness (QED) is 0.630. The summed E-state index contributed by atoms with van der Waals surface area (Å²) in [6.07, 6.45) is 7.30. The maximum atomic E-state index is 12.1. The van der Waals surface area contributed by atoms with Crippen LogP contribution in [-0.4, -0.2) is 27.8 Å². The summed E-state index contributed by atoms with van der Waals surface area (Å²) < 4.78 is 7.39. The van der Waals surface area contributed by atoms with Gasteiger partial charge in [-0.05, 0) is 41.9 Å². The predicted octanol–water partition coefficient (Wildman–Crippen LogP) is 3.82. The Morgan fingerprint density at radius 3 is 2.81 bits per heavy atom. The van der Waals surface area contributed by atoms with Crippen molar-refractivity contribution in [1.29, 1.82) is 5.26 Å². The van der Waals surface area contributed by atoms with E-state index in [-0.39, 0.29) is 22.9 Å². The maximum Gasteiger partial charge on any atom is 0.556 e. The van der Waals surface area contributed by atoms with Crippen molar-refractivity contribution in [3.05, 3.63) is 41.0 Å². The van der Waals surface area contributed by atoms with Gasteiger partial charge in [-0.15, -0.1) is 0 Å². The summed E-state index contributed by atoms with van der Waals surface area (Å²) in [4.78, 5) is 12.1. The van der Waals surface area contributed by atoms with Gasteiger partial charge in [-0.2, -0.15) is 10.4 Å². The van der Waals surface area contributed by atoms with E-state index in [0.29, 0.717) is 17.3 Å². The van der Waals surface area contributed by atoms with Crippen LogP contribution in [0.25, 0.3) is 6.08 Å². The molecule has 1 aliphatic heterocycles. The Morgan fingerprint density at radius 1 is 1.38 bits per heavy atom. The molecule has 0 saturated heterocycles. The van der Waals surface area contributed by atoms with E-state index < -0.39 is 13.0 Å². The molecule has 32 heavy (non-hydrogen) atoms. The minimum absolute atomic E-state index is 0.0712. The second kappa shape index (κ2) is 8.36. The number of hydrogen-bond acceptors (Lipinski definition) is 6. The first-order chi connectivity index (χ1) is 15.2. The summed E-state index contributed by atoms with van der Waals surface area (Å²) in [6.45, 7) is 6.05. The summed E-state index contributed by atoms with van der Waals surface area (Å²) in [6, 6.07) is 7.75. The minimum Gasteiger partial charge on any atom is -0.532 e. The van der Waals surface area contributed by atoms with Gasteiger partial charge in [-0.25, -0.2) is 0 Å². The van der Waals surface area contributed by atoms with Gasteiger partial charge in [0.15, 0.2) is 5.82 Å². The highest BCUT2D eigenvalue weighted by Crippen LogP contribution is 2.38. The van der Waals surface area contributed by atoms with Gasteiger partial charge in [0, 0.05) is 17.4 Å². The first-order valence-corrected chi connectivity index (χ1v) is 10.9. The fourth-order valence-electron chi connectivity index (χ4n) is 4.41. The minimum atomic E-state index is -0.984. The van der Waals surface area contributed by atoms with E-state index in [4.69, 9.17) is 10.4 Å². The van der Waals surface area contributed by atoms with Gasteiger partial charge < -0.3 is 20.7 Å². The van der Waals surface area contributed by atoms with Gasteiger partial charge >= 0.3 is 7.12 Å². The van der Waals surface area contributed by atoms with Crippen LogP contribution in [0.1, 0.15) is 68.4 Å². The number of nitrogens with zero attached hydrogens (tertiary/aromatic N) is 3. The van der Waals surface area contributed by atoms with Gasteiger partial charge in [0.25, 0.3) is 5.91 Å². The number of fused-ring (bicyclic) bond motifs is 1. The van der Waals surface area contributed by atoms with Crippen molar-refractivity contribution in [1.82, 2.24) is 9.78 Å². The molecule has 0 spiro atoms. The Morgan fingerprint density at radius 2 is 2.12 bits per heavy atom. The van der Waals surface area contributed by atoms with Crippen LogP contribution in [0.5, 0.6) is 5.75 Å². The lowest BCUT2D eigenvalue weighted by Gasteiger charge is -2.29. The zero-order valence-electron chi connectivity index (χ0n) is 18.6. The molecule has 166 valence electrons. The smallest absolute Gasteiger partial charge is 0.532 e. The number of nitrogens with one attached hydrogen (secondary N) is 1. The van der Waals surface area contributed by atoms with E-state index in [1.807, 2.05) is 32.9 Å². The van der Waals surface area contributed by atoms with Gasteiger partial charge in [-0.3, -0.25) is 9.48 Å². The molecular formula is C23H28BN5O3. The molecule has 2 atom stereocenters. The number of allylic oxidation sites excluding steroid dienone is 1. The van der Waals surface area contributed by atoms with Crippen molar-refractivity contribution in [2.24, 2.45) is 17.1 Å². The number of amides is 1. The Bertz CT molecular complexity index is 1110. The molecule has 4 rings (SSSR count). The molecule has 1 aromatic carbocycles. The third-order valence-electron chi connectivity index (χ3n) is 6.19. The normalized spacial score (nSPS) is 20.6. The fraction of sp³-hybridized carbons (Fsp3) is 0.435. The van der Waals surface area contributed by atoms with E-state index >= 15 is 0 Å². The molecule has 8 nitrogen and oxygen atoms in total. The topological polar surface area (TPSA) is 126 Å². The molecule has 1 unspecified atom stereocenters. The van der Waals surface area contributed by atoms with E-state index in [0.717, 1.165) is 36.7 Å². The summed E-state index contributed by atoms with van der Waals surface area (Å²) >= 11 is 0. The van der Waals surface area contributed by atoms with E-state index in [1.165, 1.54) is 0 Å². The van der Waals surface area contributed by atoms with Gasteiger partial charge in [-0.1, -0.05) is 39.7 Å². The lowest BCUT2D eigenvalue weighted by Crippen LogP contribution is -2.34. The van der Waals surface area contributed by atoms with Crippen LogP contribution in [0, 0.1) is 22.7 Å². The third kappa shape index (κ3) is 4.23. The van der Waals surface area contributed by atoms with E-state index in [1.54, 1.807) is 23.0 Å². The van der Waals surface area contributed by atoms with Crippen LogP contribution in [0.2, 0.25) is 0 Å². The zero-order chi connectivity index (χ0) is 23.0. The molecule has 4 N–H and O–H groups in total. The van der Waals surface area contributed by atoms with Crippen LogP contribution in [-0.2, 0) is 0 Å². The molecule has 1 amide bonds. The Kier molecular flexibility index (Phi) is 5.74. The molecule has 9 heteroatoms. The van der Waals surface area contributed by atoms with Crippen molar-refractivity contribution in [3.63, 3.8) is 0 Å². The lowest BCUT2D eigenvalue weighted by molar-refractivity contribution is 0.100. The molecule has 2 aromatic rings. The van der Waals surface area contributed by atoms with Gasteiger partial charge in [0.2, 0.25) is 0 Å². The number of anilines is 2. The Labute approximate surface area is 188 Å². The average molecular weight is 433 g/mol. The molecule has 1 aliphatic carbocycles. The maximum absolute atomic E-state index is 12.1. The first-order valence-electron chi connectivity index (χ1n) is 10.9. The summed E-state index contributed by atoms with van der Waals surface area (Å²) in [5.41, 5.74) is 7.95. The number of benzene rings is 1. The number of rotatable bonds is 4. The first kappa shape index (κ1) is 22.0. The monoisotopic (exact) mass is 433 g/mol. The Balaban J connectivity index is 1.66. The molecule has 1 saturated carbocycles. The molecule has 2 aliphatic rings. The van der Waals surface area contributed by atoms with Crippen LogP contribution in [0.4, 0.5) is 11.5 Å². The number of hydrogen-bond donors (Lipinski definition) is 3. The fourth-order valence-corrected chi connectivity index (χ4v) is 4.41. The molecular weight excluding hydrogens is 405 g/mol. The molecule has 0 radical (unpaired) electrons. The van der Waals surface area contributed by atoms with E-state index in [2.05, 4.69) is 16.5 Å². The zero-order valence-corrected chi connectivity index (χ0v) is 18.6. The SMILES string of the molecule is CC(C)(C)C1=Cc2cc(Nc3nn(C4CCCC[C@@H]4C#N)cc3C(N)=O)ccc2OB1O. The van der Waals surface area contributed by atoms with Crippen molar-refractivity contribution in [2.75, 3.05) is 5.32 Å². The van der Waals surface area contributed by atoms with Crippen LogP contribution in [0.3, 0.4) is 0 Å². The van der Waals surface area contributed by atoms with Crippen LogP contribution in [0.15, 0.2) is 29.9 Å². The molecule has 1 fully saturated rings. The highest BCUT2D eigenvalue weighted by molar-refractivity contribution is 6.55. The third-order valence-corrected chi connectivity index (χ3v) is 6.19. The summed E-state index contributed by atoms with van der Waals surface area (Å²) in [5.74, 6) is 0.222. The van der Waals surface area contributed by atoms with Gasteiger partial charge in [0.1, 0.15) is 11.3 Å². The van der Waals surface area contributed by atoms with Crippen LogP contribution < -0.4 is 15.7 Å². The summed E-state index contributed by atoms with van der Waals surface area (Å²) in [7, 11) is -0.984. The van der Waals surface area contributed by atoms with Crippen molar-refractivity contribution in [2.45, 2.75) is 52.5 Å². The second-order valence-electron chi connectivity index (χ2n) is 9.52. The molecule has 2 heterocycles. The second-order valence-corrected chi connectivity index (χ2v) is 9.52. The van der Waals surface area contributed by atoms with Crippen LogP contribution >= 0.6 is 0 Å².